The molecular weight excluding hydrogens is 252 g/mol. The number of carbonyl (C=O) groups is 2. The number of hydrogen-bond donors (Lipinski definition) is 0. The molecule has 0 radical (unpaired) electrons. The van der Waals surface area contributed by atoms with E-state index in [1.54, 1.807) is 24.3 Å². The highest BCUT2D eigenvalue weighted by molar-refractivity contribution is 6.15. The molecule has 0 spiro atoms. The molecule has 3 nitrogen and oxygen atoms in total. The van der Waals surface area contributed by atoms with Crippen LogP contribution in [0.2, 0.25) is 0 Å². The van der Waals surface area contributed by atoms with Gasteiger partial charge in [-0.1, -0.05) is 37.3 Å². The maximum atomic E-state index is 12.0. The minimum atomic E-state index is -0.354. The van der Waals surface area contributed by atoms with Gasteiger partial charge in [0.15, 0.2) is 5.78 Å². The molecule has 0 atom stereocenters. The Morgan fingerprint density at radius 2 is 1.60 bits per heavy atom. The summed E-state index contributed by atoms with van der Waals surface area (Å²) < 4.78 is 5.48. The average molecular weight is 272 g/mol. The first kappa shape index (κ1) is 14.5. The molecular formula is C17H20O3. The van der Waals surface area contributed by atoms with Gasteiger partial charge in [0, 0.05) is 5.56 Å². The van der Waals surface area contributed by atoms with Crippen LogP contribution in [0.3, 0.4) is 0 Å². The van der Waals surface area contributed by atoms with Crippen molar-refractivity contribution < 1.29 is 14.3 Å². The van der Waals surface area contributed by atoms with Crippen LogP contribution in [0.15, 0.2) is 30.8 Å². The van der Waals surface area contributed by atoms with Crippen LogP contribution < -0.4 is 0 Å². The summed E-state index contributed by atoms with van der Waals surface area (Å²) in [5, 5.41) is 0. The van der Waals surface area contributed by atoms with Crippen LogP contribution in [0, 0.1) is 0 Å². The largest absolute Gasteiger partial charge is 0.459 e. The third kappa shape index (κ3) is 3.56. The third-order valence-electron chi connectivity index (χ3n) is 3.71. The molecule has 1 aliphatic carbocycles. The van der Waals surface area contributed by atoms with E-state index in [9.17, 15) is 9.59 Å². The molecule has 1 aromatic rings. The second kappa shape index (κ2) is 6.51. The molecule has 0 aliphatic heterocycles. The molecule has 2 rings (SSSR count). The first-order chi connectivity index (χ1) is 9.58. The molecule has 0 bridgehead atoms. The van der Waals surface area contributed by atoms with Crippen LogP contribution in [-0.2, 0) is 9.53 Å². The fourth-order valence-corrected chi connectivity index (χ4v) is 2.43. The summed E-state index contributed by atoms with van der Waals surface area (Å²) in [5.74, 6) is -0.348. The van der Waals surface area contributed by atoms with Gasteiger partial charge in [0.25, 0.3) is 0 Å². The topological polar surface area (TPSA) is 43.4 Å². The number of hydrogen-bond acceptors (Lipinski definition) is 3. The summed E-state index contributed by atoms with van der Waals surface area (Å²) in [7, 11) is 0. The molecule has 1 saturated carbocycles. The summed E-state index contributed by atoms with van der Waals surface area (Å²) in [4.78, 5) is 23.3. The third-order valence-corrected chi connectivity index (χ3v) is 3.71. The second-order valence-corrected chi connectivity index (χ2v) is 5.28. The predicted molar refractivity (Wildman–Crippen MR) is 78.4 cm³/mol. The molecule has 1 aromatic carbocycles. The summed E-state index contributed by atoms with van der Waals surface area (Å²) in [6.45, 7) is 5.32. The Morgan fingerprint density at radius 1 is 1.05 bits per heavy atom. The molecule has 0 heterocycles. The quantitative estimate of drug-likeness (QED) is 0.476. The van der Waals surface area contributed by atoms with Gasteiger partial charge >= 0.3 is 5.97 Å². The molecule has 0 aromatic heterocycles. The van der Waals surface area contributed by atoms with E-state index in [-0.39, 0.29) is 17.9 Å². The summed E-state index contributed by atoms with van der Waals surface area (Å²) in [5.41, 5.74) is 1.68. The van der Waals surface area contributed by atoms with Crippen molar-refractivity contribution >= 4 is 17.3 Å². The van der Waals surface area contributed by atoms with Gasteiger partial charge in [-0.25, -0.2) is 4.79 Å². The van der Waals surface area contributed by atoms with Gasteiger partial charge in [-0.05, 0) is 38.2 Å². The van der Waals surface area contributed by atoms with Crippen molar-refractivity contribution in [3.8, 4) is 0 Å². The molecule has 0 unspecified atom stereocenters. The van der Waals surface area contributed by atoms with Gasteiger partial charge < -0.3 is 4.74 Å². The lowest BCUT2D eigenvalue weighted by Crippen LogP contribution is -2.21. The number of rotatable bonds is 4. The summed E-state index contributed by atoms with van der Waals surface area (Å²) >= 11 is 0. The van der Waals surface area contributed by atoms with Crippen molar-refractivity contribution in [2.24, 2.45) is 0 Å². The van der Waals surface area contributed by atoms with Crippen LogP contribution in [0.5, 0.6) is 0 Å². The zero-order valence-corrected chi connectivity index (χ0v) is 11.9. The standard InChI is InChI=1S/C17H20O3/c1-12(14-8-10-15(11-9-14)13(2)18)17(19)20-16-6-4-3-5-7-16/h8-11,16H,1,3-7H2,2H3. The van der Waals surface area contributed by atoms with Gasteiger partial charge in [-0.2, -0.15) is 0 Å². The van der Waals surface area contributed by atoms with Crippen LogP contribution in [0.25, 0.3) is 5.57 Å². The maximum Gasteiger partial charge on any atom is 0.338 e. The van der Waals surface area contributed by atoms with E-state index in [0.29, 0.717) is 16.7 Å². The van der Waals surface area contributed by atoms with Crippen LogP contribution in [0.4, 0.5) is 0 Å². The Hall–Kier alpha value is -1.90. The van der Waals surface area contributed by atoms with E-state index in [1.165, 1.54) is 13.3 Å². The van der Waals surface area contributed by atoms with E-state index in [1.807, 2.05) is 0 Å². The minimum absolute atomic E-state index is 0.00643. The molecule has 1 aliphatic rings. The fourth-order valence-electron chi connectivity index (χ4n) is 2.43. The molecule has 1 fully saturated rings. The van der Waals surface area contributed by atoms with Crippen LogP contribution >= 0.6 is 0 Å². The summed E-state index contributed by atoms with van der Waals surface area (Å²) in [6, 6.07) is 6.88. The molecule has 106 valence electrons. The van der Waals surface area contributed by atoms with Gasteiger partial charge in [-0.15, -0.1) is 0 Å². The van der Waals surface area contributed by atoms with E-state index >= 15 is 0 Å². The highest BCUT2D eigenvalue weighted by Gasteiger charge is 2.20. The second-order valence-electron chi connectivity index (χ2n) is 5.28. The smallest absolute Gasteiger partial charge is 0.338 e. The molecule has 0 saturated heterocycles. The van der Waals surface area contributed by atoms with Crippen molar-refractivity contribution in [3.05, 3.63) is 42.0 Å². The lowest BCUT2D eigenvalue weighted by molar-refractivity contribution is -0.143. The average Bonchev–Trinajstić information content (AvgIpc) is 2.47. The first-order valence-electron chi connectivity index (χ1n) is 7.09. The van der Waals surface area contributed by atoms with Crippen LogP contribution in [0.1, 0.15) is 54.9 Å². The van der Waals surface area contributed by atoms with Crippen molar-refractivity contribution in [1.29, 1.82) is 0 Å². The monoisotopic (exact) mass is 272 g/mol. The number of benzene rings is 1. The van der Waals surface area contributed by atoms with E-state index in [4.69, 9.17) is 4.74 Å². The Labute approximate surface area is 119 Å². The minimum Gasteiger partial charge on any atom is -0.459 e. The fraction of sp³-hybridized carbons (Fsp3) is 0.412. The molecule has 20 heavy (non-hydrogen) atoms. The number of ether oxygens (including phenoxy) is 1. The number of ketones is 1. The van der Waals surface area contributed by atoms with Crippen molar-refractivity contribution in [1.82, 2.24) is 0 Å². The normalized spacial score (nSPS) is 15.7. The lowest BCUT2D eigenvalue weighted by atomic mass is 9.97. The van der Waals surface area contributed by atoms with E-state index in [0.717, 1.165) is 25.7 Å². The van der Waals surface area contributed by atoms with Crippen LogP contribution in [-0.4, -0.2) is 17.9 Å². The summed E-state index contributed by atoms with van der Waals surface area (Å²) in [6.07, 6.45) is 5.39. The highest BCUT2D eigenvalue weighted by atomic mass is 16.5. The first-order valence-corrected chi connectivity index (χ1v) is 7.09. The van der Waals surface area contributed by atoms with Crippen molar-refractivity contribution in [2.45, 2.75) is 45.1 Å². The maximum absolute atomic E-state index is 12.0. The Bertz CT molecular complexity index is 508. The van der Waals surface area contributed by atoms with Gasteiger partial charge in [0.1, 0.15) is 6.10 Å². The zero-order chi connectivity index (χ0) is 14.5. The number of Topliss-reactive ketones (excluding diaryl/α,β-unsaturated/α-hetero) is 1. The zero-order valence-electron chi connectivity index (χ0n) is 11.9. The van der Waals surface area contributed by atoms with Gasteiger partial charge in [0.05, 0.1) is 5.57 Å². The molecule has 3 heteroatoms. The van der Waals surface area contributed by atoms with Gasteiger partial charge in [-0.3, -0.25) is 4.79 Å². The SMILES string of the molecule is C=C(C(=O)OC1CCCCC1)c1ccc(C(C)=O)cc1. The molecule has 0 N–H and O–H groups in total. The molecule has 0 amide bonds. The number of esters is 1. The lowest BCUT2D eigenvalue weighted by Gasteiger charge is -2.22. The predicted octanol–water partition coefficient (Wildman–Crippen LogP) is 3.78. The number of carbonyl (C=O) groups excluding carboxylic acids is 2. The Kier molecular flexibility index (Phi) is 4.72. The van der Waals surface area contributed by atoms with Gasteiger partial charge in [0.2, 0.25) is 0 Å². The van der Waals surface area contributed by atoms with E-state index < -0.39 is 0 Å². The Balaban J connectivity index is 1.98. The van der Waals surface area contributed by atoms with Crippen molar-refractivity contribution in [2.75, 3.05) is 0 Å². The van der Waals surface area contributed by atoms with Crippen molar-refractivity contribution in [3.63, 3.8) is 0 Å². The van der Waals surface area contributed by atoms with E-state index in [2.05, 4.69) is 6.58 Å². The Morgan fingerprint density at radius 3 is 2.15 bits per heavy atom. The highest BCUT2D eigenvalue weighted by Crippen LogP contribution is 2.23.